The molecule has 0 fully saturated rings. The third kappa shape index (κ3) is 6.06. The van der Waals surface area contributed by atoms with Gasteiger partial charge in [-0.1, -0.05) is 6.07 Å². The second kappa shape index (κ2) is 10.7. The highest BCUT2D eigenvalue weighted by molar-refractivity contribution is 7.46. The van der Waals surface area contributed by atoms with Crippen molar-refractivity contribution in [3.05, 3.63) is 94.1 Å². The van der Waals surface area contributed by atoms with Crippen LogP contribution in [0.3, 0.4) is 0 Å². The van der Waals surface area contributed by atoms with Crippen molar-refractivity contribution in [3.63, 3.8) is 0 Å². The molecule has 3 N–H and O–H groups in total. The normalized spacial score (nSPS) is 15.3. The lowest BCUT2D eigenvalue weighted by Gasteiger charge is -2.40. The van der Waals surface area contributed by atoms with Crippen LogP contribution in [0, 0.1) is 23.3 Å². The molecule has 1 heterocycles. The van der Waals surface area contributed by atoms with Crippen LogP contribution in [0.5, 0.6) is 5.75 Å². The summed E-state index contributed by atoms with van der Waals surface area (Å²) in [6.07, 6.45) is 0. The monoisotopic (exact) mass is 567 g/mol. The summed E-state index contributed by atoms with van der Waals surface area (Å²) in [5.74, 6) is -5.30. The molecule has 4 rings (SSSR count). The fourth-order valence-electron chi connectivity index (χ4n) is 4.16. The predicted octanol–water partition coefficient (Wildman–Crippen LogP) is 4.78. The quantitative estimate of drug-likeness (QED) is 0.280. The Bertz CT molecular complexity index is 1490. The molecule has 39 heavy (non-hydrogen) atoms. The van der Waals surface area contributed by atoms with Gasteiger partial charge < -0.3 is 14.7 Å². The minimum Gasteiger partial charge on any atom is -0.404 e. The first-order valence-electron chi connectivity index (χ1n) is 11.4. The van der Waals surface area contributed by atoms with Crippen molar-refractivity contribution in [2.75, 3.05) is 11.9 Å². The molecule has 1 aliphatic heterocycles. The van der Waals surface area contributed by atoms with Crippen LogP contribution >= 0.6 is 7.82 Å². The van der Waals surface area contributed by atoms with Crippen LogP contribution in [0.25, 0.3) is 0 Å². The van der Waals surface area contributed by atoms with E-state index in [9.17, 15) is 41.5 Å². The van der Waals surface area contributed by atoms with Gasteiger partial charge >= 0.3 is 13.9 Å². The molecule has 14 heteroatoms. The van der Waals surface area contributed by atoms with E-state index < -0.39 is 61.2 Å². The summed E-state index contributed by atoms with van der Waals surface area (Å²) in [6, 6.07) is 7.24. The lowest BCUT2D eigenvalue weighted by Crippen LogP contribution is -2.46. The molecule has 3 aromatic rings. The number of urea groups is 1. The van der Waals surface area contributed by atoms with Gasteiger partial charge in [0.1, 0.15) is 29.0 Å². The summed E-state index contributed by atoms with van der Waals surface area (Å²) in [5, 5.41) is 2.35. The Hall–Kier alpha value is -3.93. The van der Waals surface area contributed by atoms with E-state index in [4.69, 9.17) is 0 Å². The molecular weight excluding hydrogens is 545 g/mol. The van der Waals surface area contributed by atoms with Gasteiger partial charge in [0.2, 0.25) is 0 Å². The SMILES string of the molecule is CC1c2ccc(C(=O)NCc3c(F)cc(F)cc3F)cc2N(Cc2cc(F)ccc2OP(=O)(O)O)C(=O)N1C. The highest BCUT2D eigenvalue weighted by Gasteiger charge is 2.34. The smallest absolute Gasteiger partial charge is 0.404 e. The average Bonchev–Trinajstić information content (AvgIpc) is 2.85. The molecule has 3 amide bonds. The number of hydrogen-bond acceptors (Lipinski definition) is 4. The van der Waals surface area contributed by atoms with E-state index in [1.807, 2.05) is 0 Å². The number of benzene rings is 3. The van der Waals surface area contributed by atoms with Crippen LogP contribution < -0.4 is 14.7 Å². The molecule has 9 nitrogen and oxygen atoms in total. The Kier molecular flexibility index (Phi) is 7.69. The highest BCUT2D eigenvalue weighted by Crippen LogP contribution is 2.42. The fourth-order valence-corrected chi connectivity index (χ4v) is 4.60. The number of carbonyl (C=O) groups excluding carboxylic acids is 2. The zero-order chi connectivity index (χ0) is 28.6. The number of carbonyl (C=O) groups is 2. The predicted molar refractivity (Wildman–Crippen MR) is 131 cm³/mol. The minimum atomic E-state index is -5.01. The first-order valence-corrected chi connectivity index (χ1v) is 12.9. The summed E-state index contributed by atoms with van der Waals surface area (Å²) in [7, 11) is -3.49. The van der Waals surface area contributed by atoms with Crippen LogP contribution in [0.1, 0.15) is 40.0 Å². The topological polar surface area (TPSA) is 119 Å². The van der Waals surface area contributed by atoms with Crippen LogP contribution in [0.15, 0.2) is 48.5 Å². The van der Waals surface area contributed by atoms with Gasteiger partial charge in [-0.25, -0.2) is 26.9 Å². The number of nitrogens with one attached hydrogen (secondary N) is 1. The van der Waals surface area contributed by atoms with Crippen molar-refractivity contribution >= 4 is 25.4 Å². The Morgan fingerprint density at radius 1 is 1.03 bits per heavy atom. The van der Waals surface area contributed by atoms with E-state index in [1.54, 1.807) is 13.0 Å². The highest BCUT2D eigenvalue weighted by atomic mass is 31.2. The number of phosphoric acid groups is 1. The maximum absolute atomic E-state index is 14.0. The maximum atomic E-state index is 14.0. The number of halogens is 4. The number of phosphoric ester groups is 1. The Morgan fingerprint density at radius 3 is 2.33 bits per heavy atom. The average molecular weight is 567 g/mol. The minimum absolute atomic E-state index is 0.0113. The summed E-state index contributed by atoms with van der Waals surface area (Å²) in [4.78, 5) is 47.1. The van der Waals surface area contributed by atoms with Gasteiger partial charge in [0.25, 0.3) is 5.91 Å². The van der Waals surface area contributed by atoms with E-state index >= 15 is 0 Å². The van der Waals surface area contributed by atoms with Crippen molar-refractivity contribution in [2.24, 2.45) is 0 Å². The van der Waals surface area contributed by atoms with Gasteiger partial charge in [-0.05, 0) is 42.8 Å². The fraction of sp³-hybridized carbons (Fsp3) is 0.200. The van der Waals surface area contributed by atoms with Crippen LogP contribution in [-0.2, 0) is 17.7 Å². The first kappa shape index (κ1) is 28.1. The van der Waals surface area contributed by atoms with Gasteiger partial charge in [-0.15, -0.1) is 0 Å². The zero-order valence-corrected chi connectivity index (χ0v) is 21.4. The van der Waals surface area contributed by atoms with E-state index in [0.29, 0.717) is 17.7 Å². The van der Waals surface area contributed by atoms with Gasteiger partial charge in [0.05, 0.1) is 18.3 Å². The largest absolute Gasteiger partial charge is 0.524 e. The maximum Gasteiger partial charge on any atom is 0.524 e. The van der Waals surface area contributed by atoms with Gasteiger partial charge in [-0.2, -0.15) is 0 Å². The molecule has 0 aliphatic carbocycles. The first-order chi connectivity index (χ1) is 18.2. The number of rotatable bonds is 7. The van der Waals surface area contributed by atoms with Crippen molar-refractivity contribution in [1.82, 2.24) is 10.2 Å². The van der Waals surface area contributed by atoms with Gasteiger partial charge in [0.15, 0.2) is 0 Å². The van der Waals surface area contributed by atoms with Crippen molar-refractivity contribution < 1.29 is 46.0 Å². The number of anilines is 1. The van der Waals surface area contributed by atoms with Crippen molar-refractivity contribution in [3.8, 4) is 5.75 Å². The van der Waals surface area contributed by atoms with Gasteiger partial charge in [-0.3, -0.25) is 19.5 Å². The molecule has 3 aromatic carbocycles. The molecule has 0 bridgehead atoms. The summed E-state index contributed by atoms with van der Waals surface area (Å²) in [5.41, 5.74) is 0.246. The molecule has 1 aliphatic rings. The molecule has 0 aromatic heterocycles. The third-order valence-corrected chi connectivity index (χ3v) is 6.68. The van der Waals surface area contributed by atoms with Crippen molar-refractivity contribution in [2.45, 2.75) is 26.1 Å². The molecule has 1 unspecified atom stereocenters. The Labute approximate surface area is 219 Å². The number of fused-ring (bicyclic) bond motifs is 1. The Morgan fingerprint density at radius 2 is 1.69 bits per heavy atom. The van der Waals surface area contributed by atoms with Crippen LogP contribution in [0.4, 0.5) is 28.0 Å². The van der Waals surface area contributed by atoms with Crippen molar-refractivity contribution in [1.29, 1.82) is 0 Å². The summed E-state index contributed by atoms with van der Waals surface area (Å²) < 4.78 is 71.2. The standard InChI is InChI=1S/C25H22F4N3O6P/c1-13-18-5-3-14(24(33)30-11-19-20(28)9-17(27)10-21(19)29)8-22(18)32(25(34)31(13)2)12-15-7-16(26)4-6-23(15)38-39(35,36)37/h3-10,13H,11-12H2,1-2H3,(H,30,33)(H2,35,36,37). The number of amides is 3. The summed E-state index contributed by atoms with van der Waals surface area (Å²) in [6.45, 7) is 0.771. The van der Waals surface area contributed by atoms with E-state index in [-0.39, 0.29) is 29.1 Å². The van der Waals surface area contributed by atoms with Crippen LogP contribution in [-0.4, -0.2) is 33.7 Å². The molecule has 0 saturated heterocycles. The zero-order valence-electron chi connectivity index (χ0n) is 20.5. The molecule has 0 saturated carbocycles. The van der Waals surface area contributed by atoms with Crippen LogP contribution in [0.2, 0.25) is 0 Å². The van der Waals surface area contributed by atoms with E-state index in [2.05, 4.69) is 9.84 Å². The molecule has 206 valence electrons. The third-order valence-electron chi connectivity index (χ3n) is 6.25. The summed E-state index contributed by atoms with van der Waals surface area (Å²) >= 11 is 0. The molecular formula is C25H22F4N3O6P. The number of nitrogens with zero attached hydrogens (tertiary/aromatic N) is 2. The van der Waals surface area contributed by atoms with E-state index in [0.717, 1.165) is 18.2 Å². The Balaban J connectivity index is 1.67. The lowest BCUT2D eigenvalue weighted by molar-refractivity contribution is 0.0950. The lowest BCUT2D eigenvalue weighted by atomic mass is 9.98. The second-order valence-electron chi connectivity index (χ2n) is 8.79. The number of hydrogen-bond donors (Lipinski definition) is 3. The van der Waals surface area contributed by atoms with Gasteiger partial charge in [0, 0.05) is 42.4 Å². The second-order valence-corrected chi connectivity index (χ2v) is 9.96. The molecule has 0 spiro atoms. The van der Waals surface area contributed by atoms with E-state index in [1.165, 1.54) is 29.0 Å². The molecule has 1 atom stereocenters. The molecule has 0 radical (unpaired) electrons.